The van der Waals surface area contributed by atoms with Crippen molar-refractivity contribution in [1.29, 1.82) is 0 Å². The highest BCUT2D eigenvalue weighted by molar-refractivity contribution is 5.79. The Bertz CT molecular complexity index is 1120. The van der Waals surface area contributed by atoms with Gasteiger partial charge in [-0.3, -0.25) is 4.79 Å². The monoisotopic (exact) mass is 408 g/mol. The second-order valence-electron chi connectivity index (χ2n) is 6.69. The smallest absolute Gasteiger partial charge is 0.422 e. The summed E-state index contributed by atoms with van der Waals surface area (Å²) >= 11 is 0. The van der Waals surface area contributed by atoms with Crippen LogP contribution in [0.5, 0.6) is 5.75 Å². The topological polar surface area (TPSA) is 55.8 Å². The van der Waals surface area contributed by atoms with Gasteiger partial charge in [0.2, 0.25) is 5.60 Å². The van der Waals surface area contributed by atoms with Crippen molar-refractivity contribution in [2.75, 3.05) is 19.1 Å². The lowest BCUT2D eigenvalue weighted by Crippen LogP contribution is -2.46. The summed E-state index contributed by atoms with van der Waals surface area (Å²) in [6.07, 6.45) is -4.79. The van der Waals surface area contributed by atoms with Crippen LogP contribution in [0.3, 0.4) is 0 Å². The van der Waals surface area contributed by atoms with Gasteiger partial charge in [0.25, 0.3) is 5.56 Å². The first-order valence-corrected chi connectivity index (χ1v) is 8.68. The van der Waals surface area contributed by atoms with Gasteiger partial charge in [0.05, 0.1) is 19.2 Å². The van der Waals surface area contributed by atoms with Gasteiger partial charge in [0.15, 0.2) is 0 Å². The number of hydrogen-bond acceptors (Lipinski definition) is 4. The number of pyridine rings is 1. The zero-order valence-electron chi connectivity index (χ0n) is 15.2. The van der Waals surface area contributed by atoms with E-state index >= 15 is 0 Å². The fourth-order valence-electron chi connectivity index (χ4n) is 3.31. The fraction of sp³-hybridized carbons (Fsp3) is 0.250. The first kappa shape index (κ1) is 19.3. The molecule has 1 saturated heterocycles. The summed E-state index contributed by atoms with van der Waals surface area (Å²) in [5, 5.41) is 0.631. The Kier molecular flexibility index (Phi) is 4.49. The molecule has 2 atom stereocenters. The highest BCUT2D eigenvalue weighted by Crippen LogP contribution is 2.52. The summed E-state index contributed by atoms with van der Waals surface area (Å²) in [6.45, 7) is -0.654. The van der Waals surface area contributed by atoms with Gasteiger partial charge in [-0.2, -0.15) is 13.2 Å². The normalized spacial score (nSPS) is 19.8. The Hall–Kier alpha value is -3.07. The van der Waals surface area contributed by atoms with E-state index in [1.165, 1.54) is 25.3 Å². The van der Waals surface area contributed by atoms with Crippen LogP contribution in [0.4, 0.5) is 17.6 Å². The number of ether oxygens (including phenoxy) is 2. The minimum atomic E-state index is -4.79. The lowest BCUT2D eigenvalue weighted by atomic mass is 9.92. The van der Waals surface area contributed by atoms with E-state index in [2.05, 4.69) is 5.43 Å². The number of para-hydroxylation sites is 1. The van der Waals surface area contributed by atoms with Crippen LogP contribution in [0.2, 0.25) is 0 Å². The highest BCUT2D eigenvalue weighted by Gasteiger charge is 2.71. The molecule has 5 nitrogen and oxygen atoms in total. The van der Waals surface area contributed by atoms with Gasteiger partial charge in [0.1, 0.15) is 17.6 Å². The number of alkyl halides is 3. The molecule has 0 spiro atoms. The van der Waals surface area contributed by atoms with Crippen molar-refractivity contribution in [2.45, 2.75) is 17.8 Å². The van der Waals surface area contributed by atoms with E-state index in [1.807, 2.05) is 0 Å². The molecule has 0 saturated carbocycles. The third-order valence-corrected chi connectivity index (χ3v) is 4.98. The van der Waals surface area contributed by atoms with E-state index in [1.54, 1.807) is 30.3 Å². The quantitative estimate of drug-likeness (QED) is 0.516. The average Bonchev–Trinajstić information content (AvgIpc) is 3.50. The van der Waals surface area contributed by atoms with Crippen molar-refractivity contribution in [3.8, 4) is 5.75 Å². The van der Waals surface area contributed by atoms with Crippen LogP contribution >= 0.6 is 0 Å². The molecule has 1 aliphatic heterocycles. The van der Waals surface area contributed by atoms with Gasteiger partial charge < -0.3 is 14.9 Å². The summed E-state index contributed by atoms with van der Waals surface area (Å²) < 4.78 is 66.9. The minimum absolute atomic E-state index is 0.158. The number of rotatable bonds is 5. The molecule has 29 heavy (non-hydrogen) atoms. The molecule has 0 bridgehead atoms. The molecule has 2 unspecified atom stereocenters. The van der Waals surface area contributed by atoms with Crippen LogP contribution in [0.15, 0.2) is 59.4 Å². The molecule has 2 aromatic carbocycles. The van der Waals surface area contributed by atoms with Crippen molar-refractivity contribution in [3.63, 3.8) is 0 Å². The SMILES string of the molecule is COc1ccc(C(Nn2c(=O)ccc3ccccc32)C2(C(F)(F)F)CO2)c(F)c1. The Morgan fingerprint density at radius 2 is 1.90 bits per heavy atom. The number of aromatic nitrogens is 1. The van der Waals surface area contributed by atoms with Gasteiger partial charge in [0, 0.05) is 23.1 Å². The van der Waals surface area contributed by atoms with Crippen LogP contribution in [-0.2, 0) is 4.74 Å². The fourth-order valence-corrected chi connectivity index (χ4v) is 3.31. The van der Waals surface area contributed by atoms with Crippen LogP contribution in [-0.4, -0.2) is 30.2 Å². The zero-order valence-corrected chi connectivity index (χ0v) is 15.2. The van der Waals surface area contributed by atoms with Crippen LogP contribution < -0.4 is 15.7 Å². The molecule has 4 rings (SSSR count). The van der Waals surface area contributed by atoms with Crippen molar-refractivity contribution in [1.82, 2.24) is 4.68 Å². The zero-order chi connectivity index (χ0) is 20.8. The average molecular weight is 408 g/mol. The third-order valence-electron chi connectivity index (χ3n) is 4.98. The van der Waals surface area contributed by atoms with Crippen molar-refractivity contribution >= 4 is 10.9 Å². The number of methoxy groups -OCH3 is 1. The number of halogens is 4. The van der Waals surface area contributed by atoms with E-state index < -0.39 is 35.8 Å². The van der Waals surface area contributed by atoms with Crippen LogP contribution in [0, 0.1) is 5.82 Å². The van der Waals surface area contributed by atoms with Crippen LogP contribution in [0.25, 0.3) is 10.9 Å². The molecule has 0 radical (unpaired) electrons. The van der Waals surface area contributed by atoms with E-state index in [0.717, 1.165) is 10.7 Å². The predicted molar refractivity (Wildman–Crippen MR) is 98.0 cm³/mol. The van der Waals surface area contributed by atoms with Gasteiger partial charge >= 0.3 is 6.18 Å². The summed E-state index contributed by atoms with van der Waals surface area (Å²) in [6, 6.07) is 11.3. The second kappa shape index (κ2) is 6.77. The highest BCUT2D eigenvalue weighted by atomic mass is 19.4. The van der Waals surface area contributed by atoms with E-state index in [-0.39, 0.29) is 11.3 Å². The number of nitrogens with one attached hydrogen (secondary N) is 1. The molecule has 1 aliphatic rings. The van der Waals surface area contributed by atoms with Gasteiger partial charge in [-0.05, 0) is 18.2 Å². The van der Waals surface area contributed by atoms with E-state index in [9.17, 15) is 22.4 Å². The maximum Gasteiger partial charge on any atom is 0.422 e. The molecule has 1 aromatic heterocycles. The molecule has 1 fully saturated rings. The molecular weight excluding hydrogens is 392 g/mol. The standard InChI is InChI=1S/C20H16F4N2O3/c1-28-13-7-8-14(15(21)10-13)18(19(11-29-19)20(22,23)24)25-26-16-5-3-2-4-12(16)6-9-17(26)27/h2-10,18,25H,11H2,1H3. The minimum Gasteiger partial charge on any atom is -0.497 e. The molecular formula is C20H16F4N2O3. The summed E-state index contributed by atoms with van der Waals surface area (Å²) in [4.78, 5) is 12.4. The van der Waals surface area contributed by atoms with Crippen molar-refractivity contribution in [3.05, 3.63) is 76.3 Å². The third kappa shape index (κ3) is 3.21. The lowest BCUT2D eigenvalue weighted by molar-refractivity contribution is -0.189. The molecule has 2 heterocycles. The summed E-state index contributed by atoms with van der Waals surface area (Å²) in [5.74, 6) is -0.751. The van der Waals surface area contributed by atoms with Gasteiger partial charge in [-0.15, -0.1) is 0 Å². The Labute approximate surface area is 162 Å². The Morgan fingerprint density at radius 1 is 1.17 bits per heavy atom. The van der Waals surface area contributed by atoms with Crippen molar-refractivity contribution < 1.29 is 27.0 Å². The summed E-state index contributed by atoms with van der Waals surface area (Å²) in [5.41, 5.74) is -0.597. The van der Waals surface area contributed by atoms with Crippen molar-refractivity contribution in [2.24, 2.45) is 0 Å². The number of nitrogens with zero attached hydrogens (tertiary/aromatic N) is 1. The molecule has 0 amide bonds. The summed E-state index contributed by atoms with van der Waals surface area (Å²) in [7, 11) is 1.32. The maximum atomic E-state index is 14.7. The first-order valence-electron chi connectivity index (χ1n) is 8.68. The Balaban J connectivity index is 1.88. The van der Waals surface area contributed by atoms with Crippen LogP contribution in [0.1, 0.15) is 11.6 Å². The maximum absolute atomic E-state index is 14.7. The number of fused-ring (bicyclic) bond motifs is 1. The predicted octanol–water partition coefficient (Wildman–Crippen LogP) is 3.77. The van der Waals surface area contributed by atoms with E-state index in [0.29, 0.717) is 10.9 Å². The molecule has 9 heteroatoms. The number of benzene rings is 2. The second-order valence-corrected chi connectivity index (χ2v) is 6.69. The number of hydrogen-bond donors (Lipinski definition) is 1. The Morgan fingerprint density at radius 3 is 2.52 bits per heavy atom. The molecule has 0 aliphatic carbocycles. The van der Waals surface area contributed by atoms with Gasteiger partial charge in [-0.1, -0.05) is 24.3 Å². The van der Waals surface area contributed by atoms with Gasteiger partial charge in [-0.25, -0.2) is 9.07 Å². The molecule has 152 valence electrons. The lowest BCUT2D eigenvalue weighted by Gasteiger charge is -2.29. The van der Waals surface area contributed by atoms with E-state index in [4.69, 9.17) is 9.47 Å². The first-order chi connectivity index (χ1) is 13.8. The number of epoxide rings is 1. The largest absolute Gasteiger partial charge is 0.497 e. The molecule has 1 N–H and O–H groups in total. The molecule has 3 aromatic rings.